The van der Waals surface area contributed by atoms with Crippen LogP contribution in [0.4, 0.5) is 5.69 Å². The summed E-state index contributed by atoms with van der Waals surface area (Å²) in [5.41, 5.74) is 5.70. The van der Waals surface area contributed by atoms with Crippen molar-refractivity contribution in [1.29, 1.82) is 0 Å². The van der Waals surface area contributed by atoms with E-state index in [0.717, 1.165) is 0 Å². The van der Waals surface area contributed by atoms with Gasteiger partial charge in [-0.3, -0.25) is 29.4 Å². The summed E-state index contributed by atoms with van der Waals surface area (Å²) in [5.74, 6) is -3.36. The second-order valence-electron chi connectivity index (χ2n) is 8.29. The standard InChI is InChI=1S/C20H24Cl2N6O4/c21-10-1-2-12(22)13(7-10)24-18(31)11-8-14(29)25-17-15(11)19(32)27-20(26-17)28-5-3-9(4-6-28)16(23)30/h1-2,7,9,11,15,17,20,26H,3-6,8H2,(H2,23,30)(H,24,31)(H,25,29)(H,27,32). The summed E-state index contributed by atoms with van der Waals surface area (Å²) in [4.78, 5) is 51.7. The van der Waals surface area contributed by atoms with Gasteiger partial charge in [-0.2, -0.15) is 0 Å². The molecule has 0 radical (unpaired) electrons. The third kappa shape index (κ3) is 4.68. The number of carbonyl (C=O) groups is 4. The number of primary amides is 1. The zero-order valence-electron chi connectivity index (χ0n) is 17.1. The van der Waals surface area contributed by atoms with Crippen LogP contribution in [0.2, 0.25) is 10.0 Å². The predicted molar refractivity (Wildman–Crippen MR) is 117 cm³/mol. The second kappa shape index (κ2) is 9.22. The van der Waals surface area contributed by atoms with Gasteiger partial charge in [0.1, 0.15) is 6.29 Å². The van der Waals surface area contributed by atoms with Gasteiger partial charge in [-0.25, -0.2) is 0 Å². The molecule has 32 heavy (non-hydrogen) atoms. The molecule has 6 N–H and O–H groups in total. The van der Waals surface area contributed by atoms with Crippen molar-refractivity contribution in [1.82, 2.24) is 20.9 Å². The summed E-state index contributed by atoms with van der Waals surface area (Å²) in [5, 5.41) is 12.3. The number of halogens is 2. The van der Waals surface area contributed by atoms with Gasteiger partial charge < -0.3 is 21.7 Å². The largest absolute Gasteiger partial charge is 0.369 e. The Labute approximate surface area is 194 Å². The van der Waals surface area contributed by atoms with Gasteiger partial charge in [0.15, 0.2) is 0 Å². The zero-order chi connectivity index (χ0) is 23.0. The number of benzene rings is 1. The van der Waals surface area contributed by atoms with Crippen LogP contribution in [0, 0.1) is 17.8 Å². The van der Waals surface area contributed by atoms with E-state index in [2.05, 4.69) is 21.3 Å². The summed E-state index contributed by atoms with van der Waals surface area (Å²) < 4.78 is 0. The van der Waals surface area contributed by atoms with Crippen LogP contribution < -0.4 is 27.0 Å². The SMILES string of the molecule is NC(=O)C1CCN(C2NC(=O)C3C(NC(=O)CC3C(=O)Nc3cc(Cl)ccc3Cl)N2)CC1. The summed E-state index contributed by atoms with van der Waals surface area (Å²) in [6.07, 6.45) is -0.184. The van der Waals surface area contributed by atoms with E-state index in [1.54, 1.807) is 12.1 Å². The smallest absolute Gasteiger partial charge is 0.229 e. The Kier molecular flexibility index (Phi) is 6.57. The average molecular weight is 483 g/mol. The van der Waals surface area contributed by atoms with Crippen LogP contribution >= 0.6 is 23.2 Å². The average Bonchev–Trinajstić information content (AvgIpc) is 2.75. The number of carbonyl (C=O) groups excluding carboxylic acids is 4. The highest BCUT2D eigenvalue weighted by molar-refractivity contribution is 6.35. The van der Waals surface area contributed by atoms with Crippen LogP contribution in [0.3, 0.4) is 0 Å². The van der Waals surface area contributed by atoms with Crippen molar-refractivity contribution < 1.29 is 19.2 Å². The lowest BCUT2D eigenvalue weighted by molar-refractivity contribution is -0.148. The number of rotatable bonds is 4. The summed E-state index contributed by atoms with van der Waals surface area (Å²) in [6, 6.07) is 4.65. The molecule has 0 saturated carbocycles. The number of nitrogens with one attached hydrogen (secondary N) is 4. The fourth-order valence-corrected chi connectivity index (χ4v) is 4.85. The van der Waals surface area contributed by atoms with Crippen LogP contribution in [0.25, 0.3) is 0 Å². The first-order valence-electron chi connectivity index (χ1n) is 10.4. The van der Waals surface area contributed by atoms with E-state index in [1.165, 1.54) is 6.07 Å². The highest BCUT2D eigenvalue weighted by atomic mass is 35.5. The number of nitrogens with zero attached hydrogens (tertiary/aromatic N) is 1. The lowest BCUT2D eigenvalue weighted by Crippen LogP contribution is -2.74. The van der Waals surface area contributed by atoms with E-state index >= 15 is 0 Å². The van der Waals surface area contributed by atoms with Gasteiger partial charge in [-0.1, -0.05) is 23.2 Å². The van der Waals surface area contributed by atoms with E-state index in [-0.39, 0.29) is 30.1 Å². The fraction of sp³-hybridized carbons (Fsp3) is 0.500. The number of piperidine rings is 2. The molecule has 10 nitrogen and oxygen atoms in total. The maximum Gasteiger partial charge on any atom is 0.229 e. The number of amides is 4. The van der Waals surface area contributed by atoms with Crippen molar-refractivity contribution in [2.45, 2.75) is 31.7 Å². The predicted octanol–water partition coefficient (Wildman–Crippen LogP) is 0.211. The third-order valence-electron chi connectivity index (χ3n) is 6.25. The van der Waals surface area contributed by atoms with Gasteiger partial charge in [-0.15, -0.1) is 0 Å². The number of fused-ring (bicyclic) bond motifs is 1. The molecule has 4 rings (SSSR count). The maximum absolute atomic E-state index is 13.0. The first-order chi connectivity index (χ1) is 15.2. The van der Waals surface area contributed by atoms with Crippen molar-refractivity contribution in [2.75, 3.05) is 18.4 Å². The van der Waals surface area contributed by atoms with E-state index in [4.69, 9.17) is 28.9 Å². The Morgan fingerprint density at radius 3 is 2.53 bits per heavy atom. The number of likely N-dealkylation sites (tertiary alicyclic amines) is 1. The minimum absolute atomic E-state index is 0.130. The molecule has 3 aliphatic heterocycles. The fourth-order valence-electron chi connectivity index (χ4n) is 4.52. The Morgan fingerprint density at radius 2 is 1.84 bits per heavy atom. The first-order valence-corrected chi connectivity index (χ1v) is 11.1. The monoisotopic (exact) mass is 482 g/mol. The van der Waals surface area contributed by atoms with Crippen molar-refractivity contribution in [2.24, 2.45) is 23.5 Å². The maximum atomic E-state index is 13.0. The molecule has 3 heterocycles. The second-order valence-corrected chi connectivity index (χ2v) is 9.13. The lowest BCUT2D eigenvalue weighted by Gasteiger charge is -2.47. The van der Waals surface area contributed by atoms with Crippen LogP contribution in [0.15, 0.2) is 18.2 Å². The molecule has 1 aromatic carbocycles. The van der Waals surface area contributed by atoms with E-state index in [9.17, 15) is 19.2 Å². The molecule has 4 atom stereocenters. The number of nitrogens with two attached hydrogens (primary N) is 1. The Hall–Kier alpha value is -2.40. The minimum Gasteiger partial charge on any atom is -0.369 e. The van der Waals surface area contributed by atoms with Crippen molar-refractivity contribution >= 4 is 52.5 Å². The number of anilines is 1. The van der Waals surface area contributed by atoms with Crippen LogP contribution in [0.1, 0.15) is 19.3 Å². The lowest BCUT2D eigenvalue weighted by atomic mass is 9.81. The van der Waals surface area contributed by atoms with Gasteiger partial charge >= 0.3 is 0 Å². The van der Waals surface area contributed by atoms with Crippen LogP contribution in [0.5, 0.6) is 0 Å². The normalized spacial score (nSPS) is 28.9. The van der Waals surface area contributed by atoms with E-state index in [0.29, 0.717) is 41.7 Å². The molecule has 1 aromatic rings. The molecule has 3 fully saturated rings. The van der Waals surface area contributed by atoms with E-state index in [1.807, 2.05) is 4.90 Å². The van der Waals surface area contributed by atoms with Crippen LogP contribution in [-0.4, -0.2) is 54.1 Å². The first kappa shape index (κ1) is 22.8. The molecule has 3 aliphatic rings. The Morgan fingerprint density at radius 1 is 1.12 bits per heavy atom. The molecule has 0 spiro atoms. The van der Waals surface area contributed by atoms with E-state index < -0.39 is 30.2 Å². The van der Waals surface area contributed by atoms with Crippen LogP contribution in [-0.2, 0) is 19.2 Å². The zero-order valence-corrected chi connectivity index (χ0v) is 18.6. The quantitative estimate of drug-likeness (QED) is 0.414. The summed E-state index contributed by atoms with van der Waals surface area (Å²) in [6.45, 7) is 1.13. The highest BCUT2D eigenvalue weighted by Gasteiger charge is 2.49. The molecule has 12 heteroatoms. The summed E-state index contributed by atoms with van der Waals surface area (Å²) >= 11 is 12.1. The molecule has 0 aliphatic carbocycles. The molecule has 4 unspecified atom stereocenters. The Bertz CT molecular complexity index is 952. The molecule has 172 valence electrons. The number of hydrogen-bond acceptors (Lipinski definition) is 6. The number of hydrogen-bond donors (Lipinski definition) is 5. The topological polar surface area (TPSA) is 146 Å². The molecule has 4 amide bonds. The van der Waals surface area contributed by atoms with Gasteiger partial charge in [0.25, 0.3) is 0 Å². The van der Waals surface area contributed by atoms with Gasteiger partial charge in [-0.05, 0) is 31.0 Å². The minimum atomic E-state index is -0.891. The molecular weight excluding hydrogens is 459 g/mol. The summed E-state index contributed by atoms with van der Waals surface area (Å²) in [7, 11) is 0. The molecule has 0 bridgehead atoms. The molecule has 0 aromatic heterocycles. The van der Waals surface area contributed by atoms with Crippen molar-refractivity contribution in [3.8, 4) is 0 Å². The molecule has 3 saturated heterocycles. The third-order valence-corrected chi connectivity index (χ3v) is 6.82. The van der Waals surface area contributed by atoms with Crippen molar-refractivity contribution in [3.63, 3.8) is 0 Å². The van der Waals surface area contributed by atoms with Gasteiger partial charge in [0.2, 0.25) is 23.6 Å². The van der Waals surface area contributed by atoms with Crippen molar-refractivity contribution in [3.05, 3.63) is 28.2 Å². The molecular formula is C20H24Cl2N6O4. The van der Waals surface area contributed by atoms with Gasteiger partial charge in [0, 0.05) is 30.5 Å². The Balaban J connectivity index is 1.46. The van der Waals surface area contributed by atoms with Gasteiger partial charge in [0.05, 0.1) is 28.7 Å². The highest BCUT2D eigenvalue weighted by Crippen LogP contribution is 2.31.